The van der Waals surface area contributed by atoms with Gasteiger partial charge in [0.05, 0.1) is 0 Å². The summed E-state index contributed by atoms with van der Waals surface area (Å²) < 4.78 is 13.7. The van der Waals surface area contributed by atoms with Crippen LogP contribution in [0.4, 0.5) is 0 Å². The number of benzene rings is 1. The van der Waals surface area contributed by atoms with Crippen LogP contribution in [0.1, 0.15) is 70.1 Å². The summed E-state index contributed by atoms with van der Waals surface area (Å²) in [5.74, 6) is 0.190. The summed E-state index contributed by atoms with van der Waals surface area (Å²) in [6.07, 6.45) is 5.77. The second-order valence-corrected chi connectivity index (χ2v) is 8.84. The maximum Gasteiger partial charge on any atom is 0.202 e. The van der Waals surface area contributed by atoms with Gasteiger partial charge in [0, 0.05) is 4.47 Å². The van der Waals surface area contributed by atoms with Gasteiger partial charge >= 0.3 is 0 Å². The Kier molecular flexibility index (Phi) is 3.76. The highest BCUT2D eigenvalue weighted by molar-refractivity contribution is 9.10. The van der Waals surface area contributed by atoms with Gasteiger partial charge in [-0.1, -0.05) is 48.2 Å². The fraction of sp³-hybridized carbons (Fsp3) is 0.650. The fourth-order valence-corrected chi connectivity index (χ4v) is 5.28. The average molecular weight is 393 g/mol. The first-order valence-corrected chi connectivity index (χ1v) is 9.87. The van der Waals surface area contributed by atoms with Crippen LogP contribution < -0.4 is 0 Å². The van der Waals surface area contributed by atoms with Crippen LogP contribution in [0.2, 0.25) is 0 Å². The zero-order valence-corrected chi connectivity index (χ0v) is 16.2. The van der Waals surface area contributed by atoms with Crippen LogP contribution in [0.25, 0.3) is 0 Å². The molecular formula is C20H25BrO3. The molecule has 0 N–H and O–H groups in total. The van der Waals surface area contributed by atoms with Crippen LogP contribution >= 0.6 is 15.9 Å². The molecule has 2 aliphatic heterocycles. The molecule has 0 bridgehead atoms. The lowest BCUT2D eigenvalue weighted by Crippen LogP contribution is -2.43. The Hall–Kier alpha value is -0.710. The molecule has 2 unspecified atom stereocenters. The molecule has 0 amide bonds. The van der Waals surface area contributed by atoms with Crippen LogP contribution in [0.5, 0.6) is 0 Å². The molecule has 3 aliphatic rings. The van der Waals surface area contributed by atoms with Crippen molar-refractivity contribution in [2.45, 2.75) is 82.2 Å². The van der Waals surface area contributed by atoms with Gasteiger partial charge in [-0.05, 0) is 56.4 Å². The van der Waals surface area contributed by atoms with Crippen molar-refractivity contribution in [3.8, 4) is 0 Å². The third-order valence-corrected chi connectivity index (χ3v) is 6.63. The predicted molar refractivity (Wildman–Crippen MR) is 96.1 cm³/mol. The van der Waals surface area contributed by atoms with Gasteiger partial charge in [-0.2, -0.15) is 0 Å². The zero-order chi connectivity index (χ0) is 17.2. The number of ether oxygens (including phenoxy) is 2. The summed E-state index contributed by atoms with van der Waals surface area (Å²) in [6.45, 7) is 6.19. The molecule has 130 valence electrons. The number of carbonyl (C=O) groups is 1. The second-order valence-electron chi connectivity index (χ2n) is 7.93. The van der Waals surface area contributed by atoms with E-state index in [-0.39, 0.29) is 11.9 Å². The summed E-state index contributed by atoms with van der Waals surface area (Å²) >= 11 is 3.54. The largest absolute Gasteiger partial charge is 0.358 e. The van der Waals surface area contributed by atoms with Gasteiger partial charge in [0.2, 0.25) is 5.78 Å². The molecule has 2 atom stereocenters. The lowest BCUT2D eigenvalue weighted by atomic mass is 9.75. The van der Waals surface area contributed by atoms with Gasteiger partial charge in [-0.3, -0.25) is 4.79 Å². The molecule has 0 radical (unpaired) electrons. The van der Waals surface area contributed by atoms with Crippen molar-refractivity contribution in [3.05, 3.63) is 33.8 Å². The molecule has 4 heteroatoms. The Morgan fingerprint density at radius 3 is 2.58 bits per heavy atom. The quantitative estimate of drug-likeness (QED) is 0.671. The summed E-state index contributed by atoms with van der Waals surface area (Å²) in [5.41, 5.74) is 0.378. The van der Waals surface area contributed by atoms with Gasteiger partial charge in [0.1, 0.15) is 17.3 Å². The van der Waals surface area contributed by atoms with E-state index in [1.165, 1.54) is 12.0 Å². The molecule has 1 aromatic carbocycles. The number of aryl methyl sites for hydroxylation is 1. The smallest absolute Gasteiger partial charge is 0.202 e. The Morgan fingerprint density at radius 1 is 1.21 bits per heavy atom. The van der Waals surface area contributed by atoms with E-state index < -0.39 is 16.8 Å². The number of halogens is 1. The average Bonchev–Trinajstić information content (AvgIpc) is 3.28. The van der Waals surface area contributed by atoms with Gasteiger partial charge in [-0.15, -0.1) is 0 Å². The van der Waals surface area contributed by atoms with Crippen LogP contribution in [0.15, 0.2) is 22.7 Å². The molecule has 3 nitrogen and oxygen atoms in total. The van der Waals surface area contributed by atoms with Gasteiger partial charge in [0.25, 0.3) is 0 Å². The summed E-state index contributed by atoms with van der Waals surface area (Å²) in [5, 5.41) is 0. The molecule has 1 aromatic rings. The SMILES string of the molecule is CCc1cc(Br)ccc1C1OC12C(=O)C1(CCCCC1)OC2(C)C. The number of carbonyl (C=O) groups excluding carboxylic acids is 1. The third kappa shape index (κ3) is 2.12. The number of ketones is 1. The molecule has 4 rings (SSSR count). The minimum absolute atomic E-state index is 0.177. The van der Waals surface area contributed by atoms with Gasteiger partial charge in [-0.25, -0.2) is 0 Å². The number of rotatable bonds is 2. The van der Waals surface area contributed by atoms with E-state index in [0.717, 1.165) is 42.1 Å². The molecule has 0 aromatic heterocycles. The zero-order valence-electron chi connectivity index (χ0n) is 14.7. The Bertz CT molecular complexity index is 690. The Morgan fingerprint density at radius 2 is 1.92 bits per heavy atom. The fourth-order valence-electron chi connectivity index (χ4n) is 4.88. The normalized spacial score (nSPS) is 33.3. The van der Waals surface area contributed by atoms with Crippen molar-refractivity contribution in [3.63, 3.8) is 0 Å². The second kappa shape index (κ2) is 5.39. The van der Waals surface area contributed by atoms with E-state index in [9.17, 15) is 4.79 Å². The van der Waals surface area contributed by atoms with Crippen molar-refractivity contribution in [1.82, 2.24) is 0 Å². The molecule has 3 fully saturated rings. The van der Waals surface area contributed by atoms with E-state index in [0.29, 0.717) is 0 Å². The molecule has 2 saturated heterocycles. The minimum Gasteiger partial charge on any atom is -0.358 e. The maximum absolute atomic E-state index is 13.5. The van der Waals surface area contributed by atoms with Crippen molar-refractivity contribution < 1.29 is 14.3 Å². The van der Waals surface area contributed by atoms with Crippen LogP contribution in [0, 0.1) is 0 Å². The number of hydrogen-bond acceptors (Lipinski definition) is 3. The summed E-state index contributed by atoms with van der Waals surface area (Å²) in [4.78, 5) is 13.5. The monoisotopic (exact) mass is 392 g/mol. The van der Waals surface area contributed by atoms with E-state index in [1.54, 1.807) is 0 Å². The van der Waals surface area contributed by atoms with E-state index in [2.05, 4.69) is 35.0 Å². The molecule has 24 heavy (non-hydrogen) atoms. The highest BCUT2D eigenvalue weighted by atomic mass is 79.9. The standard InChI is InChI=1S/C20H25BrO3/c1-4-13-12-14(21)8-9-15(13)16-20(23-16)17(22)19(24-18(20,2)3)10-6-5-7-11-19/h8-9,12,16H,4-7,10-11H2,1-3H3. The number of Topliss-reactive ketones (excluding diaryl/α,β-unsaturated/α-hetero) is 1. The van der Waals surface area contributed by atoms with Gasteiger partial charge < -0.3 is 9.47 Å². The first-order chi connectivity index (χ1) is 11.4. The Labute approximate surface area is 152 Å². The maximum atomic E-state index is 13.5. The predicted octanol–water partition coefficient (Wildman–Crippen LogP) is 4.90. The Balaban J connectivity index is 1.73. The van der Waals surface area contributed by atoms with E-state index in [4.69, 9.17) is 9.47 Å². The van der Waals surface area contributed by atoms with Crippen LogP contribution in [-0.2, 0) is 20.7 Å². The lowest BCUT2D eigenvalue weighted by molar-refractivity contribution is -0.143. The summed E-state index contributed by atoms with van der Waals surface area (Å²) in [7, 11) is 0. The van der Waals surface area contributed by atoms with Crippen LogP contribution in [0.3, 0.4) is 0 Å². The third-order valence-electron chi connectivity index (χ3n) is 6.14. The van der Waals surface area contributed by atoms with Crippen molar-refractivity contribution in [2.24, 2.45) is 0 Å². The topological polar surface area (TPSA) is 38.8 Å². The van der Waals surface area contributed by atoms with E-state index in [1.807, 2.05) is 19.9 Å². The minimum atomic E-state index is -0.803. The van der Waals surface area contributed by atoms with E-state index >= 15 is 0 Å². The lowest BCUT2D eigenvalue weighted by Gasteiger charge is -2.32. The number of hydrogen-bond donors (Lipinski definition) is 0. The molecule has 1 aliphatic carbocycles. The molecule has 2 heterocycles. The highest BCUT2D eigenvalue weighted by Crippen LogP contribution is 2.65. The van der Waals surface area contributed by atoms with Crippen molar-refractivity contribution in [2.75, 3.05) is 0 Å². The first kappa shape index (κ1) is 16.7. The van der Waals surface area contributed by atoms with Crippen LogP contribution in [-0.4, -0.2) is 22.6 Å². The van der Waals surface area contributed by atoms with Crippen molar-refractivity contribution in [1.29, 1.82) is 0 Å². The number of epoxide rings is 1. The molecular weight excluding hydrogens is 368 g/mol. The molecule has 1 saturated carbocycles. The van der Waals surface area contributed by atoms with Crippen molar-refractivity contribution >= 4 is 21.7 Å². The first-order valence-electron chi connectivity index (χ1n) is 9.07. The molecule has 2 spiro atoms. The van der Waals surface area contributed by atoms with Gasteiger partial charge in [0.15, 0.2) is 5.60 Å². The summed E-state index contributed by atoms with van der Waals surface area (Å²) in [6, 6.07) is 6.26. The highest BCUT2D eigenvalue weighted by Gasteiger charge is 2.80.